The van der Waals surface area contributed by atoms with Crippen LogP contribution in [0.25, 0.3) is 0 Å². The van der Waals surface area contributed by atoms with Crippen LogP contribution in [0.5, 0.6) is 0 Å². The highest BCUT2D eigenvalue weighted by atomic mass is 32.1. The van der Waals surface area contributed by atoms with Crippen molar-refractivity contribution in [2.24, 2.45) is 5.73 Å². The van der Waals surface area contributed by atoms with Gasteiger partial charge in [-0.3, -0.25) is 0 Å². The smallest absolute Gasteiger partial charge is 0.0921 e. The van der Waals surface area contributed by atoms with Crippen LogP contribution in [-0.4, -0.2) is 11.1 Å². The van der Waals surface area contributed by atoms with Crippen LogP contribution in [0.1, 0.15) is 36.1 Å². The minimum absolute atomic E-state index is 0.160. The maximum atomic E-state index is 10.5. The van der Waals surface area contributed by atoms with Crippen molar-refractivity contribution in [1.82, 2.24) is 0 Å². The first-order valence-electron chi connectivity index (χ1n) is 5.14. The third-order valence-corrected chi connectivity index (χ3v) is 3.97. The van der Waals surface area contributed by atoms with Crippen LogP contribution in [0.3, 0.4) is 0 Å². The van der Waals surface area contributed by atoms with Crippen molar-refractivity contribution >= 4 is 11.3 Å². The molecule has 0 aromatic carbocycles. The SMILES string of the molecule is Cc1sccc1C1(O)CCCC(N)C1. The molecule has 2 rings (SSSR count). The van der Waals surface area contributed by atoms with Crippen molar-refractivity contribution in [3.63, 3.8) is 0 Å². The number of hydrogen-bond acceptors (Lipinski definition) is 3. The molecule has 2 unspecified atom stereocenters. The normalized spacial score (nSPS) is 33.2. The second kappa shape index (κ2) is 3.65. The standard InChI is InChI=1S/C11H17NOS/c1-8-10(4-6-14-8)11(13)5-2-3-9(12)7-11/h4,6,9,13H,2-3,5,7,12H2,1H3. The monoisotopic (exact) mass is 211 g/mol. The Labute approximate surface area is 88.8 Å². The van der Waals surface area contributed by atoms with Crippen molar-refractivity contribution in [3.8, 4) is 0 Å². The Balaban J connectivity index is 2.27. The topological polar surface area (TPSA) is 46.2 Å². The van der Waals surface area contributed by atoms with E-state index in [-0.39, 0.29) is 6.04 Å². The van der Waals surface area contributed by atoms with Gasteiger partial charge in [0, 0.05) is 10.9 Å². The maximum absolute atomic E-state index is 10.5. The van der Waals surface area contributed by atoms with E-state index >= 15 is 0 Å². The molecule has 3 N–H and O–H groups in total. The fourth-order valence-corrected chi connectivity index (χ4v) is 3.20. The summed E-state index contributed by atoms with van der Waals surface area (Å²) in [6.07, 6.45) is 3.65. The Bertz CT molecular complexity index is 323. The first-order valence-corrected chi connectivity index (χ1v) is 6.02. The van der Waals surface area contributed by atoms with Gasteiger partial charge in [0.1, 0.15) is 0 Å². The van der Waals surface area contributed by atoms with E-state index in [0.29, 0.717) is 6.42 Å². The Morgan fingerprint density at radius 2 is 2.43 bits per heavy atom. The fourth-order valence-electron chi connectivity index (χ4n) is 2.41. The van der Waals surface area contributed by atoms with Crippen LogP contribution in [0, 0.1) is 6.92 Å². The molecule has 1 saturated carbocycles. The molecule has 0 aliphatic heterocycles. The van der Waals surface area contributed by atoms with Gasteiger partial charge in [-0.05, 0) is 49.6 Å². The van der Waals surface area contributed by atoms with Crippen molar-refractivity contribution in [1.29, 1.82) is 0 Å². The molecule has 0 spiro atoms. The predicted molar refractivity (Wildman–Crippen MR) is 59.4 cm³/mol. The van der Waals surface area contributed by atoms with Gasteiger partial charge in [-0.2, -0.15) is 0 Å². The number of nitrogens with two attached hydrogens (primary N) is 1. The molecule has 78 valence electrons. The lowest BCUT2D eigenvalue weighted by molar-refractivity contribution is -0.00726. The van der Waals surface area contributed by atoms with Crippen molar-refractivity contribution in [2.45, 2.75) is 44.2 Å². The van der Waals surface area contributed by atoms with E-state index in [0.717, 1.165) is 24.8 Å². The number of rotatable bonds is 1. The maximum Gasteiger partial charge on any atom is 0.0921 e. The molecule has 1 aliphatic carbocycles. The van der Waals surface area contributed by atoms with E-state index in [9.17, 15) is 5.11 Å². The van der Waals surface area contributed by atoms with Gasteiger partial charge in [-0.1, -0.05) is 0 Å². The molecule has 1 fully saturated rings. The molecular formula is C11H17NOS. The van der Waals surface area contributed by atoms with Gasteiger partial charge in [0.15, 0.2) is 0 Å². The van der Waals surface area contributed by atoms with E-state index in [2.05, 4.69) is 6.92 Å². The van der Waals surface area contributed by atoms with Crippen LogP contribution in [0.4, 0.5) is 0 Å². The van der Waals surface area contributed by atoms with Gasteiger partial charge >= 0.3 is 0 Å². The van der Waals surface area contributed by atoms with Gasteiger partial charge in [-0.15, -0.1) is 11.3 Å². The Kier molecular flexibility index (Phi) is 2.64. The largest absolute Gasteiger partial charge is 0.385 e. The average molecular weight is 211 g/mol. The first kappa shape index (κ1) is 10.1. The molecule has 2 nitrogen and oxygen atoms in total. The minimum atomic E-state index is -0.651. The third-order valence-electron chi connectivity index (χ3n) is 3.13. The van der Waals surface area contributed by atoms with E-state index < -0.39 is 5.60 Å². The molecule has 1 heterocycles. The molecule has 0 radical (unpaired) electrons. The quantitative estimate of drug-likeness (QED) is 0.747. The summed E-state index contributed by atoms with van der Waals surface area (Å²) in [6.45, 7) is 2.07. The van der Waals surface area contributed by atoms with Crippen LogP contribution >= 0.6 is 11.3 Å². The van der Waals surface area contributed by atoms with Crippen molar-refractivity contribution in [2.75, 3.05) is 0 Å². The summed E-state index contributed by atoms with van der Waals surface area (Å²) in [5.41, 5.74) is 6.35. The highest BCUT2D eigenvalue weighted by Gasteiger charge is 2.35. The molecule has 1 aromatic heterocycles. The minimum Gasteiger partial charge on any atom is -0.385 e. The van der Waals surface area contributed by atoms with E-state index in [1.807, 2.05) is 11.4 Å². The summed E-state index contributed by atoms with van der Waals surface area (Å²) < 4.78 is 0. The lowest BCUT2D eigenvalue weighted by atomic mass is 9.78. The lowest BCUT2D eigenvalue weighted by Crippen LogP contribution is -2.39. The van der Waals surface area contributed by atoms with Crippen LogP contribution < -0.4 is 5.73 Å². The predicted octanol–water partition coefficient (Wildman–Crippen LogP) is 2.15. The lowest BCUT2D eigenvalue weighted by Gasteiger charge is -2.35. The number of aliphatic hydroxyl groups is 1. The van der Waals surface area contributed by atoms with Crippen LogP contribution in [0.2, 0.25) is 0 Å². The number of thiophene rings is 1. The van der Waals surface area contributed by atoms with Crippen molar-refractivity contribution < 1.29 is 5.11 Å². The second-order valence-electron chi connectivity index (χ2n) is 4.28. The Morgan fingerprint density at radius 3 is 3.00 bits per heavy atom. The van der Waals surface area contributed by atoms with E-state index in [4.69, 9.17) is 5.73 Å². The Morgan fingerprint density at radius 1 is 1.64 bits per heavy atom. The Hall–Kier alpha value is -0.380. The zero-order valence-corrected chi connectivity index (χ0v) is 9.31. The zero-order valence-electron chi connectivity index (χ0n) is 8.49. The summed E-state index contributed by atoms with van der Waals surface area (Å²) in [5, 5.41) is 12.6. The highest BCUT2D eigenvalue weighted by Crippen LogP contribution is 2.39. The molecule has 1 aromatic rings. The molecule has 0 saturated heterocycles. The zero-order chi connectivity index (χ0) is 10.2. The summed E-state index contributed by atoms with van der Waals surface area (Å²) >= 11 is 1.70. The van der Waals surface area contributed by atoms with Crippen molar-refractivity contribution in [3.05, 3.63) is 21.9 Å². The highest BCUT2D eigenvalue weighted by molar-refractivity contribution is 7.10. The summed E-state index contributed by atoms with van der Waals surface area (Å²) in [5.74, 6) is 0. The molecular weight excluding hydrogens is 194 g/mol. The average Bonchev–Trinajstić information content (AvgIpc) is 2.51. The van der Waals surface area contributed by atoms with Gasteiger partial charge in [0.2, 0.25) is 0 Å². The summed E-state index contributed by atoms with van der Waals surface area (Å²) in [6, 6.07) is 2.20. The fraction of sp³-hybridized carbons (Fsp3) is 0.636. The summed E-state index contributed by atoms with van der Waals surface area (Å²) in [7, 11) is 0. The molecule has 3 heteroatoms. The third kappa shape index (κ3) is 1.72. The molecule has 1 aliphatic rings. The second-order valence-corrected chi connectivity index (χ2v) is 5.40. The van der Waals surface area contributed by atoms with Gasteiger partial charge < -0.3 is 10.8 Å². The molecule has 2 atom stereocenters. The molecule has 14 heavy (non-hydrogen) atoms. The number of hydrogen-bond donors (Lipinski definition) is 2. The first-order chi connectivity index (χ1) is 6.62. The van der Waals surface area contributed by atoms with Crippen LogP contribution in [-0.2, 0) is 5.60 Å². The van der Waals surface area contributed by atoms with E-state index in [1.54, 1.807) is 11.3 Å². The molecule has 0 bridgehead atoms. The summed E-state index contributed by atoms with van der Waals surface area (Å²) in [4.78, 5) is 1.22. The van der Waals surface area contributed by atoms with Crippen LogP contribution in [0.15, 0.2) is 11.4 Å². The molecule has 0 amide bonds. The van der Waals surface area contributed by atoms with Gasteiger partial charge in [0.25, 0.3) is 0 Å². The number of aryl methyl sites for hydroxylation is 1. The van der Waals surface area contributed by atoms with E-state index in [1.165, 1.54) is 4.88 Å². The van der Waals surface area contributed by atoms with Gasteiger partial charge in [0.05, 0.1) is 5.60 Å². The van der Waals surface area contributed by atoms with Gasteiger partial charge in [-0.25, -0.2) is 0 Å².